The fraction of sp³-hybridized carbons (Fsp3) is 0. The van der Waals surface area contributed by atoms with Crippen molar-refractivity contribution in [3.63, 3.8) is 0 Å². The maximum Gasteiger partial charge on any atom is 0.149 e. The van der Waals surface area contributed by atoms with Crippen molar-refractivity contribution in [3.05, 3.63) is 48.4 Å². The van der Waals surface area contributed by atoms with E-state index in [0.29, 0.717) is 5.69 Å². The Bertz CT molecular complexity index is 463. The molecule has 0 unspecified atom stereocenters. The van der Waals surface area contributed by atoms with Crippen molar-refractivity contribution in [1.82, 2.24) is 4.98 Å². The third-order valence-corrected chi connectivity index (χ3v) is 1.90. The van der Waals surface area contributed by atoms with E-state index in [-0.39, 0.29) is 5.82 Å². The predicted octanol–water partition coefficient (Wildman–Crippen LogP) is 3.02. The number of pyridine rings is 1. The minimum Gasteiger partial charge on any atom is -0.245 e. The molecule has 0 radical (unpaired) electrons. The van der Waals surface area contributed by atoms with E-state index in [9.17, 15) is 4.39 Å². The molecule has 0 saturated heterocycles. The molecule has 1 aromatic carbocycles. The number of para-hydroxylation sites is 1. The molecule has 1 aromatic heterocycles. The summed E-state index contributed by atoms with van der Waals surface area (Å²) in [5, 5.41) is 0.811. The fourth-order valence-corrected chi connectivity index (χ4v) is 1.25. The Balaban J connectivity index is 2.81. The minimum absolute atomic E-state index is 0.304. The molecular formula is C11H8FN. The Hall–Kier alpha value is -1.70. The summed E-state index contributed by atoms with van der Waals surface area (Å²) in [6, 6.07) is 8.89. The highest BCUT2D eigenvalue weighted by Gasteiger charge is 2.01. The number of nitrogens with zero attached hydrogens (tertiary/aromatic N) is 1. The van der Waals surface area contributed by atoms with Gasteiger partial charge in [0.2, 0.25) is 0 Å². The Morgan fingerprint density at radius 1 is 1.31 bits per heavy atom. The number of hydrogen-bond acceptors (Lipinski definition) is 1. The van der Waals surface area contributed by atoms with E-state index in [4.69, 9.17) is 0 Å². The summed E-state index contributed by atoms with van der Waals surface area (Å²) in [6.45, 7) is 3.50. The van der Waals surface area contributed by atoms with Crippen molar-refractivity contribution in [3.8, 4) is 0 Å². The van der Waals surface area contributed by atoms with E-state index < -0.39 is 0 Å². The second-order valence-corrected chi connectivity index (χ2v) is 2.75. The average molecular weight is 173 g/mol. The van der Waals surface area contributed by atoms with Gasteiger partial charge in [-0.3, -0.25) is 0 Å². The third kappa shape index (κ3) is 1.31. The molecule has 0 saturated carbocycles. The van der Waals surface area contributed by atoms with E-state index in [1.807, 2.05) is 24.3 Å². The van der Waals surface area contributed by atoms with Gasteiger partial charge in [-0.2, -0.15) is 0 Å². The molecule has 2 rings (SSSR count). The number of hydrogen-bond donors (Lipinski definition) is 0. The van der Waals surface area contributed by atoms with Crippen LogP contribution in [0.2, 0.25) is 0 Å². The van der Waals surface area contributed by atoms with Gasteiger partial charge in [-0.05, 0) is 18.2 Å². The van der Waals surface area contributed by atoms with E-state index in [1.165, 1.54) is 12.1 Å². The van der Waals surface area contributed by atoms with Crippen molar-refractivity contribution < 1.29 is 4.39 Å². The molecule has 1 nitrogen and oxygen atoms in total. The summed E-state index contributed by atoms with van der Waals surface area (Å²) in [7, 11) is 0. The van der Waals surface area contributed by atoms with E-state index in [1.54, 1.807) is 0 Å². The van der Waals surface area contributed by atoms with Gasteiger partial charge < -0.3 is 0 Å². The van der Waals surface area contributed by atoms with Gasteiger partial charge in [-0.15, -0.1) is 0 Å². The SMILES string of the molecule is C=Cc1nc2ccccc2cc1F. The Morgan fingerprint density at radius 3 is 2.85 bits per heavy atom. The van der Waals surface area contributed by atoms with Gasteiger partial charge in [0.05, 0.1) is 11.2 Å². The zero-order valence-corrected chi connectivity index (χ0v) is 7.00. The van der Waals surface area contributed by atoms with Gasteiger partial charge >= 0.3 is 0 Å². The number of rotatable bonds is 1. The standard InChI is InChI=1S/C11H8FN/c1-2-10-9(12)7-8-5-3-4-6-11(8)13-10/h2-7H,1H2. The molecule has 0 spiro atoms. The number of halogens is 1. The Kier molecular flexibility index (Phi) is 1.81. The summed E-state index contributed by atoms with van der Waals surface area (Å²) in [6.07, 6.45) is 1.42. The number of fused-ring (bicyclic) bond motifs is 1. The average Bonchev–Trinajstić information content (AvgIpc) is 2.17. The first-order valence-electron chi connectivity index (χ1n) is 3.99. The minimum atomic E-state index is -0.325. The van der Waals surface area contributed by atoms with Crippen LogP contribution in [-0.2, 0) is 0 Å². The first-order chi connectivity index (χ1) is 6.31. The van der Waals surface area contributed by atoms with Gasteiger partial charge in [-0.1, -0.05) is 24.8 Å². The molecule has 0 atom stereocenters. The van der Waals surface area contributed by atoms with Gasteiger partial charge in [0, 0.05) is 5.39 Å². The van der Waals surface area contributed by atoms with Crippen LogP contribution < -0.4 is 0 Å². The highest BCUT2D eigenvalue weighted by Crippen LogP contribution is 2.15. The summed E-state index contributed by atoms with van der Waals surface area (Å²) < 4.78 is 13.2. The van der Waals surface area contributed by atoms with Gasteiger partial charge in [0.1, 0.15) is 5.82 Å². The smallest absolute Gasteiger partial charge is 0.149 e. The summed E-state index contributed by atoms with van der Waals surface area (Å²) in [5.74, 6) is -0.325. The van der Waals surface area contributed by atoms with Crippen LogP contribution in [-0.4, -0.2) is 4.98 Å². The van der Waals surface area contributed by atoms with Crippen LogP contribution in [0.3, 0.4) is 0 Å². The molecule has 13 heavy (non-hydrogen) atoms. The summed E-state index contributed by atoms with van der Waals surface area (Å²) in [5.41, 5.74) is 1.09. The van der Waals surface area contributed by atoms with Crippen LogP contribution in [0.25, 0.3) is 17.0 Å². The third-order valence-electron chi connectivity index (χ3n) is 1.90. The highest BCUT2D eigenvalue weighted by atomic mass is 19.1. The zero-order valence-electron chi connectivity index (χ0n) is 7.00. The van der Waals surface area contributed by atoms with Crippen LogP contribution in [0.4, 0.5) is 4.39 Å². The number of aromatic nitrogens is 1. The van der Waals surface area contributed by atoms with Crippen molar-refractivity contribution in [2.24, 2.45) is 0 Å². The lowest BCUT2D eigenvalue weighted by atomic mass is 10.2. The molecule has 0 aliphatic carbocycles. The summed E-state index contributed by atoms with van der Waals surface area (Å²) >= 11 is 0. The van der Waals surface area contributed by atoms with E-state index in [2.05, 4.69) is 11.6 Å². The molecular weight excluding hydrogens is 165 g/mol. The lowest BCUT2D eigenvalue weighted by Gasteiger charge is -1.99. The lowest BCUT2D eigenvalue weighted by Crippen LogP contribution is -1.88. The maximum absolute atomic E-state index is 13.2. The normalized spacial score (nSPS) is 10.2. The highest BCUT2D eigenvalue weighted by molar-refractivity contribution is 5.79. The molecule has 2 aromatic rings. The molecule has 0 amide bonds. The summed E-state index contributed by atoms with van der Waals surface area (Å²) in [4.78, 5) is 4.10. The van der Waals surface area contributed by atoms with Crippen molar-refractivity contribution in [2.75, 3.05) is 0 Å². The molecule has 0 N–H and O–H groups in total. The molecule has 64 valence electrons. The van der Waals surface area contributed by atoms with Crippen molar-refractivity contribution in [2.45, 2.75) is 0 Å². The van der Waals surface area contributed by atoms with E-state index >= 15 is 0 Å². The molecule has 0 aliphatic heterocycles. The Labute approximate surface area is 75.5 Å². The topological polar surface area (TPSA) is 12.9 Å². The van der Waals surface area contributed by atoms with Crippen molar-refractivity contribution in [1.29, 1.82) is 0 Å². The van der Waals surface area contributed by atoms with Gasteiger partial charge in [-0.25, -0.2) is 9.37 Å². The van der Waals surface area contributed by atoms with Crippen LogP contribution >= 0.6 is 0 Å². The largest absolute Gasteiger partial charge is 0.245 e. The molecule has 0 aliphatic rings. The number of benzene rings is 1. The molecule has 1 heterocycles. The molecule has 0 fully saturated rings. The quantitative estimate of drug-likeness (QED) is 0.646. The van der Waals surface area contributed by atoms with Crippen molar-refractivity contribution >= 4 is 17.0 Å². The van der Waals surface area contributed by atoms with Crippen LogP contribution in [0.5, 0.6) is 0 Å². The molecule has 0 bridgehead atoms. The second kappa shape index (κ2) is 2.98. The second-order valence-electron chi connectivity index (χ2n) is 2.75. The maximum atomic E-state index is 13.2. The Morgan fingerprint density at radius 2 is 2.08 bits per heavy atom. The zero-order chi connectivity index (χ0) is 9.26. The first-order valence-corrected chi connectivity index (χ1v) is 3.99. The van der Waals surface area contributed by atoms with Crippen LogP contribution in [0, 0.1) is 5.82 Å². The molecule has 2 heteroatoms. The fourth-order valence-electron chi connectivity index (χ4n) is 1.25. The predicted molar refractivity (Wildman–Crippen MR) is 51.8 cm³/mol. The first kappa shape index (κ1) is 7.92. The van der Waals surface area contributed by atoms with Crippen LogP contribution in [0.1, 0.15) is 5.69 Å². The van der Waals surface area contributed by atoms with Crippen LogP contribution in [0.15, 0.2) is 36.9 Å². The lowest BCUT2D eigenvalue weighted by molar-refractivity contribution is 0.621. The van der Waals surface area contributed by atoms with Gasteiger partial charge in [0.15, 0.2) is 0 Å². The van der Waals surface area contributed by atoms with E-state index in [0.717, 1.165) is 10.9 Å². The van der Waals surface area contributed by atoms with Gasteiger partial charge in [0.25, 0.3) is 0 Å². The monoisotopic (exact) mass is 173 g/mol.